The van der Waals surface area contributed by atoms with Crippen molar-refractivity contribution < 1.29 is 37.9 Å². The highest BCUT2D eigenvalue weighted by Gasteiger charge is 2.54. The number of carbonyl (C=O) groups is 1. The number of benzene rings is 1. The maximum Gasteiger partial charge on any atom is 0.469 e. The van der Waals surface area contributed by atoms with Crippen molar-refractivity contribution in [3.05, 3.63) is 48.5 Å². The average Bonchev–Trinajstić information content (AvgIpc) is 3.52. The largest absolute Gasteiger partial charge is 0.469 e. The molecular formula is C20H23N6O8P. The molecule has 2 saturated heterocycles. The number of urea groups is 1. The summed E-state index contributed by atoms with van der Waals surface area (Å²) in [6, 6.07) is 8.83. The van der Waals surface area contributed by atoms with Crippen LogP contribution in [0.1, 0.15) is 25.0 Å². The number of nitrogens with zero attached hydrogens (tertiary/aromatic N) is 4. The molecule has 0 saturated carbocycles. The Labute approximate surface area is 198 Å². The molecule has 35 heavy (non-hydrogen) atoms. The zero-order chi connectivity index (χ0) is 24.6. The van der Waals surface area contributed by atoms with E-state index in [-0.39, 0.29) is 5.82 Å². The van der Waals surface area contributed by atoms with E-state index in [1.807, 2.05) is 30.3 Å². The number of hydrogen-bond acceptors (Lipinski definition) is 9. The van der Waals surface area contributed by atoms with Crippen molar-refractivity contribution in [2.24, 2.45) is 0 Å². The molecule has 0 bridgehead atoms. The minimum Gasteiger partial charge on any atom is -0.347 e. The van der Waals surface area contributed by atoms with Gasteiger partial charge in [-0.3, -0.25) is 14.4 Å². The van der Waals surface area contributed by atoms with Crippen molar-refractivity contribution in [1.29, 1.82) is 0 Å². The Hall–Kier alpha value is -2.97. The van der Waals surface area contributed by atoms with Gasteiger partial charge in [0.25, 0.3) is 0 Å². The van der Waals surface area contributed by atoms with Crippen LogP contribution in [0.2, 0.25) is 0 Å². The minimum atomic E-state index is -4.74. The monoisotopic (exact) mass is 506 g/mol. The number of ether oxygens (including phenoxy) is 3. The summed E-state index contributed by atoms with van der Waals surface area (Å²) < 4.78 is 35.9. The fraction of sp³-hybridized carbons (Fsp3) is 0.400. The van der Waals surface area contributed by atoms with Gasteiger partial charge in [-0.15, -0.1) is 0 Å². The SMILES string of the molecule is CCNC(=O)Nc1ncnc2c1ncn2[C@@H]1O[C@H](COP(=O)(O)O)[C@H]2O[C@@H](c3ccccc3)O[C@H]21. The third kappa shape index (κ3) is 4.90. The Balaban J connectivity index is 1.45. The molecule has 5 atom stereocenters. The van der Waals surface area contributed by atoms with Crippen LogP contribution >= 0.6 is 7.82 Å². The summed E-state index contributed by atoms with van der Waals surface area (Å²) in [5.74, 6) is 0.210. The van der Waals surface area contributed by atoms with Gasteiger partial charge in [-0.25, -0.2) is 24.3 Å². The number of phosphoric acid groups is 1. The molecule has 14 nitrogen and oxygen atoms in total. The quantitative estimate of drug-likeness (QED) is 0.341. The van der Waals surface area contributed by atoms with E-state index in [0.717, 1.165) is 5.56 Å². The van der Waals surface area contributed by atoms with Crippen molar-refractivity contribution in [2.75, 3.05) is 18.5 Å². The number of amides is 2. The van der Waals surface area contributed by atoms with Crippen molar-refractivity contribution >= 4 is 30.8 Å². The van der Waals surface area contributed by atoms with Crippen LogP contribution in [0.3, 0.4) is 0 Å². The number of imidazole rings is 1. The molecule has 4 heterocycles. The number of fused-ring (bicyclic) bond motifs is 2. The molecular weight excluding hydrogens is 483 g/mol. The molecule has 15 heteroatoms. The summed E-state index contributed by atoms with van der Waals surface area (Å²) in [7, 11) is -4.74. The lowest BCUT2D eigenvalue weighted by atomic mass is 10.1. The number of aromatic nitrogens is 4. The number of nitrogens with one attached hydrogen (secondary N) is 2. The molecule has 1 aromatic carbocycles. The Kier molecular flexibility index (Phi) is 6.51. The number of carbonyl (C=O) groups excluding carboxylic acids is 1. The van der Waals surface area contributed by atoms with Gasteiger partial charge in [0, 0.05) is 12.1 Å². The molecule has 4 N–H and O–H groups in total. The molecule has 0 unspecified atom stereocenters. The van der Waals surface area contributed by atoms with Crippen LogP contribution in [-0.4, -0.2) is 66.8 Å². The highest BCUT2D eigenvalue weighted by molar-refractivity contribution is 7.46. The van der Waals surface area contributed by atoms with Gasteiger partial charge >= 0.3 is 13.9 Å². The Morgan fingerprint density at radius 3 is 2.66 bits per heavy atom. The van der Waals surface area contributed by atoms with Crippen molar-refractivity contribution in [3.8, 4) is 0 Å². The van der Waals surface area contributed by atoms with Crippen LogP contribution in [0.25, 0.3) is 11.2 Å². The molecule has 0 radical (unpaired) electrons. The Morgan fingerprint density at radius 1 is 1.14 bits per heavy atom. The molecule has 2 fully saturated rings. The number of hydrogen-bond donors (Lipinski definition) is 4. The normalized spacial score (nSPS) is 26.1. The highest BCUT2D eigenvalue weighted by atomic mass is 31.2. The summed E-state index contributed by atoms with van der Waals surface area (Å²) in [4.78, 5) is 43.0. The first kappa shape index (κ1) is 23.8. The van der Waals surface area contributed by atoms with Crippen LogP contribution in [0, 0.1) is 0 Å². The third-order valence-corrected chi connectivity index (χ3v) is 6.01. The van der Waals surface area contributed by atoms with Crippen molar-refractivity contribution in [2.45, 2.75) is 37.8 Å². The molecule has 0 aliphatic carbocycles. The van der Waals surface area contributed by atoms with Gasteiger partial charge in [0.1, 0.15) is 24.6 Å². The van der Waals surface area contributed by atoms with Crippen LogP contribution in [0.15, 0.2) is 43.0 Å². The van der Waals surface area contributed by atoms with Gasteiger partial charge in [-0.2, -0.15) is 0 Å². The summed E-state index contributed by atoms with van der Waals surface area (Å²) in [5, 5.41) is 5.25. The Morgan fingerprint density at radius 2 is 1.91 bits per heavy atom. The predicted octanol–water partition coefficient (Wildman–Crippen LogP) is 1.46. The fourth-order valence-corrected chi connectivity index (χ4v) is 4.41. The van der Waals surface area contributed by atoms with E-state index in [9.17, 15) is 9.36 Å². The highest BCUT2D eigenvalue weighted by Crippen LogP contribution is 2.46. The number of phosphoric ester groups is 1. The number of anilines is 1. The predicted molar refractivity (Wildman–Crippen MR) is 119 cm³/mol. The van der Waals surface area contributed by atoms with Gasteiger partial charge in [0.05, 0.1) is 12.9 Å². The molecule has 2 aromatic heterocycles. The molecule has 0 spiro atoms. The Bertz CT molecular complexity index is 1250. The number of rotatable bonds is 7. The summed E-state index contributed by atoms with van der Waals surface area (Å²) >= 11 is 0. The topological polar surface area (TPSA) is 179 Å². The lowest BCUT2D eigenvalue weighted by Crippen LogP contribution is -2.31. The molecule has 2 aliphatic heterocycles. The second-order valence-corrected chi connectivity index (χ2v) is 9.07. The third-order valence-electron chi connectivity index (χ3n) is 5.53. The maximum atomic E-state index is 12.0. The van der Waals surface area contributed by atoms with E-state index in [4.69, 9.17) is 28.5 Å². The van der Waals surface area contributed by atoms with Gasteiger partial charge in [-0.05, 0) is 6.92 Å². The van der Waals surface area contributed by atoms with Gasteiger partial charge < -0.3 is 29.3 Å². The standard InChI is InChI=1S/C20H23N6O8P/c1-2-21-20(27)25-16-13-17(23-9-22-16)26(10-24-13)18-15-14(12(32-18)8-31-35(28,29)30)33-19(34-15)11-6-4-3-5-7-11/h3-7,9-10,12,14-15,18-19H,2,8H2,1H3,(H2,28,29,30)(H2,21,22,23,25,27)/t12-,14-,15-,18-,19-/m1/s1. The summed E-state index contributed by atoms with van der Waals surface area (Å²) in [6.07, 6.45) is -0.983. The van der Waals surface area contributed by atoms with E-state index in [0.29, 0.717) is 17.7 Å². The van der Waals surface area contributed by atoms with Crippen molar-refractivity contribution in [3.63, 3.8) is 0 Å². The minimum absolute atomic E-state index is 0.210. The van der Waals surface area contributed by atoms with Crippen LogP contribution in [-0.2, 0) is 23.3 Å². The molecule has 5 rings (SSSR count). The van der Waals surface area contributed by atoms with E-state index in [1.165, 1.54) is 12.7 Å². The van der Waals surface area contributed by atoms with Crippen molar-refractivity contribution in [1.82, 2.24) is 24.8 Å². The first-order chi connectivity index (χ1) is 16.8. The fourth-order valence-electron chi connectivity index (χ4n) is 4.07. The van der Waals surface area contributed by atoms with Gasteiger partial charge in [-0.1, -0.05) is 30.3 Å². The average molecular weight is 506 g/mol. The van der Waals surface area contributed by atoms with Crippen LogP contribution in [0.5, 0.6) is 0 Å². The summed E-state index contributed by atoms with van der Waals surface area (Å²) in [5.41, 5.74) is 1.47. The second-order valence-electron chi connectivity index (χ2n) is 7.83. The first-order valence-electron chi connectivity index (χ1n) is 10.8. The molecule has 2 aliphatic rings. The molecule has 3 aromatic rings. The van der Waals surface area contributed by atoms with Crippen LogP contribution < -0.4 is 10.6 Å². The van der Waals surface area contributed by atoms with E-state index < -0.39 is 51.3 Å². The second kappa shape index (κ2) is 9.59. The van der Waals surface area contributed by atoms with E-state index in [2.05, 4.69) is 25.6 Å². The molecule has 186 valence electrons. The lowest BCUT2D eigenvalue weighted by Gasteiger charge is -2.21. The first-order valence-corrected chi connectivity index (χ1v) is 12.3. The zero-order valence-electron chi connectivity index (χ0n) is 18.4. The van der Waals surface area contributed by atoms with Gasteiger partial charge in [0.15, 0.2) is 29.5 Å². The van der Waals surface area contributed by atoms with Crippen LogP contribution in [0.4, 0.5) is 10.6 Å². The molecule has 2 amide bonds. The van der Waals surface area contributed by atoms with E-state index >= 15 is 0 Å². The maximum absolute atomic E-state index is 12.0. The smallest absolute Gasteiger partial charge is 0.347 e. The van der Waals surface area contributed by atoms with E-state index in [1.54, 1.807) is 11.5 Å². The summed E-state index contributed by atoms with van der Waals surface area (Å²) in [6.45, 7) is 1.81. The van der Waals surface area contributed by atoms with Gasteiger partial charge in [0.2, 0.25) is 0 Å². The zero-order valence-corrected chi connectivity index (χ0v) is 19.3. The lowest BCUT2D eigenvalue weighted by molar-refractivity contribution is -0.152.